The fourth-order valence-corrected chi connectivity index (χ4v) is 1.74. The molecule has 0 aliphatic carbocycles. The third kappa shape index (κ3) is 1.88. The van der Waals surface area contributed by atoms with Crippen molar-refractivity contribution in [2.45, 2.75) is 13.0 Å². The summed E-state index contributed by atoms with van der Waals surface area (Å²) in [5.41, 5.74) is 1.88. The second-order valence-corrected chi connectivity index (χ2v) is 3.82. The summed E-state index contributed by atoms with van der Waals surface area (Å²) in [4.78, 5) is 5.14. The highest BCUT2D eigenvalue weighted by Gasteiger charge is 2.30. The highest BCUT2D eigenvalue weighted by atomic mass is 16.6. The fraction of sp³-hybridized carbons (Fsp3) is 0.417. The molecule has 0 saturated heterocycles. The molecule has 0 aromatic heterocycles. The molecule has 2 rings (SSSR count). The minimum atomic E-state index is -0.225. The van der Waals surface area contributed by atoms with Crippen LogP contribution in [0.25, 0.3) is 0 Å². The molecule has 2 atom stereocenters. The topological polar surface area (TPSA) is 51.0 Å². The lowest BCUT2D eigenvalue weighted by molar-refractivity contribution is 0.0211. The van der Waals surface area contributed by atoms with Crippen LogP contribution in [0, 0.1) is 5.92 Å². The standard InChI is InChI=1S/C12H15NO3/c1-8-11(7-14)16-13-12(8)9-3-5-10(15-2)6-4-9/h3-6,8,11,14H,7H2,1-2H3/t8-,11+/m1/s1. The van der Waals surface area contributed by atoms with Gasteiger partial charge >= 0.3 is 0 Å². The molecule has 4 nitrogen and oxygen atoms in total. The van der Waals surface area contributed by atoms with Crippen LogP contribution in [-0.4, -0.2) is 30.6 Å². The van der Waals surface area contributed by atoms with Crippen molar-refractivity contribution in [2.75, 3.05) is 13.7 Å². The van der Waals surface area contributed by atoms with Gasteiger partial charge in [0.15, 0.2) is 6.10 Å². The van der Waals surface area contributed by atoms with Gasteiger partial charge in [0.25, 0.3) is 0 Å². The van der Waals surface area contributed by atoms with E-state index < -0.39 is 0 Å². The Morgan fingerprint density at radius 3 is 2.56 bits per heavy atom. The SMILES string of the molecule is COc1ccc(C2=NO[C@@H](CO)[C@H]2C)cc1. The monoisotopic (exact) mass is 221 g/mol. The van der Waals surface area contributed by atoms with Crippen molar-refractivity contribution in [2.24, 2.45) is 11.1 Å². The van der Waals surface area contributed by atoms with Gasteiger partial charge < -0.3 is 14.7 Å². The number of hydrogen-bond donors (Lipinski definition) is 1. The molecule has 1 N–H and O–H groups in total. The maximum Gasteiger partial charge on any atom is 0.158 e. The number of nitrogens with zero attached hydrogens (tertiary/aromatic N) is 1. The van der Waals surface area contributed by atoms with Crippen molar-refractivity contribution >= 4 is 5.71 Å². The highest BCUT2D eigenvalue weighted by molar-refractivity contribution is 6.02. The Balaban J connectivity index is 2.19. The molecule has 1 aromatic carbocycles. The number of rotatable bonds is 3. The van der Waals surface area contributed by atoms with Crippen LogP contribution in [0.2, 0.25) is 0 Å². The van der Waals surface area contributed by atoms with Crippen LogP contribution in [0.5, 0.6) is 5.75 Å². The molecular formula is C12H15NO3. The molecule has 86 valence electrons. The summed E-state index contributed by atoms with van der Waals surface area (Å²) >= 11 is 0. The molecule has 0 amide bonds. The van der Waals surface area contributed by atoms with Gasteiger partial charge in [-0.15, -0.1) is 0 Å². The van der Waals surface area contributed by atoms with Crippen molar-refractivity contribution in [1.29, 1.82) is 0 Å². The number of ether oxygens (including phenoxy) is 1. The number of aliphatic hydroxyl groups is 1. The third-order valence-corrected chi connectivity index (χ3v) is 2.84. The molecule has 1 aromatic rings. The van der Waals surface area contributed by atoms with Gasteiger partial charge in [0.2, 0.25) is 0 Å². The predicted octanol–water partition coefficient (Wildman–Crippen LogP) is 1.43. The zero-order valence-corrected chi connectivity index (χ0v) is 9.38. The van der Waals surface area contributed by atoms with Gasteiger partial charge in [0, 0.05) is 5.92 Å². The van der Waals surface area contributed by atoms with E-state index in [2.05, 4.69) is 5.16 Å². The Kier molecular flexibility index (Phi) is 3.10. The van der Waals surface area contributed by atoms with Crippen LogP contribution in [0.4, 0.5) is 0 Å². The maximum atomic E-state index is 9.06. The number of oxime groups is 1. The molecule has 1 aliphatic rings. The van der Waals surface area contributed by atoms with Crippen molar-refractivity contribution in [3.63, 3.8) is 0 Å². The second kappa shape index (κ2) is 4.53. The van der Waals surface area contributed by atoms with Gasteiger partial charge in [-0.1, -0.05) is 12.1 Å². The predicted molar refractivity (Wildman–Crippen MR) is 60.7 cm³/mol. The molecule has 0 radical (unpaired) electrons. The van der Waals surface area contributed by atoms with E-state index in [1.807, 2.05) is 31.2 Å². The average Bonchev–Trinajstić information content (AvgIpc) is 2.70. The maximum absolute atomic E-state index is 9.06. The summed E-state index contributed by atoms with van der Waals surface area (Å²) in [6.07, 6.45) is -0.225. The molecule has 0 bridgehead atoms. The normalized spacial score (nSPS) is 23.8. The van der Waals surface area contributed by atoms with Crippen LogP contribution in [0.15, 0.2) is 29.4 Å². The van der Waals surface area contributed by atoms with Crippen molar-refractivity contribution in [3.05, 3.63) is 29.8 Å². The molecule has 4 heteroatoms. The van der Waals surface area contributed by atoms with Gasteiger partial charge in [-0.2, -0.15) is 0 Å². The average molecular weight is 221 g/mol. The van der Waals surface area contributed by atoms with E-state index in [9.17, 15) is 0 Å². The summed E-state index contributed by atoms with van der Waals surface area (Å²) < 4.78 is 5.09. The first-order chi connectivity index (χ1) is 7.76. The van der Waals surface area contributed by atoms with Crippen molar-refractivity contribution < 1.29 is 14.7 Å². The molecular weight excluding hydrogens is 206 g/mol. The Hall–Kier alpha value is -1.55. The lowest BCUT2D eigenvalue weighted by atomic mass is 9.94. The van der Waals surface area contributed by atoms with E-state index >= 15 is 0 Å². The quantitative estimate of drug-likeness (QED) is 0.840. The first-order valence-corrected chi connectivity index (χ1v) is 5.25. The highest BCUT2D eigenvalue weighted by Crippen LogP contribution is 2.23. The Labute approximate surface area is 94.5 Å². The van der Waals surface area contributed by atoms with E-state index in [-0.39, 0.29) is 18.6 Å². The summed E-state index contributed by atoms with van der Waals surface area (Å²) in [6, 6.07) is 7.66. The van der Waals surface area contributed by atoms with Crippen LogP contribution < -0.4 is 4.74 Å². The van der Waals surface area contributed by atoms with Gasteiger partial charge in [0.1, 0.15) is 5.75 Å². The van der Waals surface area contributed by atoms with Crippen molar-refractivity contribution in [1.82, 2.24) is 0 Å². The van der Waals surface area contributed by atoms with Crippen LogP contribution in [0.3, 0.4) is 0 Å². The molecule has 0 spiro atoms. The molecule has 1 aliphatic heterocycles. The van der Waals surface area contributed by atoms with Gasteiger partial charge in [-0.05, 0) is 29.8 Å². The zero-order valence-electron chi connectivity index (χ0n) is 9.38. The Bertz CT molecular complexity index is 386. The minimum absolute atomic E-state index is 0.00960. The molecule has 0 saturated carbocycles. The molecule has 0 unspecified atom stereocenters. The number of methoxy groups -OCH3 is 1. The van der Waals surface area contributed by atoms with Gasteiger partial charge in [-0.3, -0.25) is 0 Å². The van der Waals surface area contributed by atoms with Crippen LogP contribution >= 0.6 is 0 Å². The summed E-state index contributed by atoms with van der Waals surface area (Å²) in [5, 5.41) is 13.1. The first-order valence-electron chi connectivity index (χ1n) is 5.25. The minimum Gasteiger partial charge on any atom is -0.497 e. The van der Waals surface area contributed by atoms with E-state index in [4.69, 9.17) is 14.7 Å². The van der Waals surface area contributed by atoms with Crippen molar-refractivity contribution in [3.8, 4) is 5.75 Å². The van der Waals surface area contributed by atoms with E-state index in [0.29, 0.717) is 0 Å². The van der Waals surface area contributed by atoms with E-state index in [1.165, 1.54) is 0 Å². The summed E-state index contributed by atoms with van der Waals surface area (Å²) in [7, 11) is 1.63. The zero-order chi connectivity index (χ0) is 11.5. The number of hydrogen-bond acceptors (Lipinski definition) is 4. The summed E-state index contributed by atoms with van der Waals surface area (Å²) in [5.74, 6) is 0.924. The number of benzene rings is 1. The lowest BCUT2D eigenvalue weighted by Crippen LogP contribution is -2.24. The van der Waals surface area contributed by atoms with Crippen LogP contribution in [-0.2, 0) is 4.84 Å². The second-order valence-electron chi connectivity index (χ2n) is 3.82. The summed E-state index contributed by atoms with van der Waals surface area (Å²) in [6.45, 7) is 1.99. The first kappa shape index (κ1) is 11.0. The van der Waals surface area contributed by atoms with Crippen LogP contribution in [0.1, 0.15) is 12.5 Å². The van der Waals surface area contributed by atoms with Gasteiger partial charge in [0.05, 0.1) is 19.4 Å². The van der Waals surface area contributed by atoms with E-state index in [0.717, 1.165) is 17.0 Å². The molecule has 1 heterocycles. The number of aliphatic hydroxyl groups excluding tert-OH is 1. The van der Waals surface area contributed by atoms with E-state index in [1.54, 1.807) is 7.11 Å². The fourth-order valence-electron chi connectivity index (χ4n) is 1.74. The molecule has 16 heavy (non-hydrogen) atoms. The Morgan fingerprint density at radius 2 is 2.06 bits per heavy atom. The molecule has 0 fully saturated rings. The van der Waals surface area contributed by atoms with Gasteiger partial charge in [-0.25, -0.2) is 0 Å². The lowest BCUT2D eigenvalue weighted by Gasteiger charge is -2.11. The largest absolute Gasteiger partial charge is 0.497 e. The smallest absolute Gasteiger partial charge is 0.158 e. The third-order valence-electron chi connectivity index (χ3n) is 2.84. The Morgan fingerprint density at radius 1 is 1.38 bits per heavy atom.